The summed E-state index contributed by atoms with van der Waals surface area (Å²) in [4.78, 5) is 23.0. The lowest BCUT2D eigenvalue weighted by atomic mass is 10.1. The molecule has 0 radical (unpaired) electrons. The van der Waals surface area contributed by atoms with Gasteiger partial charge < -0.3 is 15.0 Å². The SMILES string of the molecule is COc1cc(-c2nc(C)c(C)c(NCCCN3CCCC3)n2)ccc1C=O. The summed E-state index contributed by atoms with van der Waals surface area (Å²) in [5.41, 5.74) is 3.36. The molecule has 0 saturated carbocycles. The predicted molar refractivity (Wildman–Crippen MR) is 108 cm³/mol. The molecule has 1 fully saturated rings. The molecule has 1 aliphatic rings. The van der Waals surface area contributed by atoms with Gasteiger partial charge in [0.25, 0.3) is 0 Å². The summed E-state index contributed by atoms with van der Waals surface area (Å²) in [6.07, 6.45) is 4.54. The number of aryl methyl sites for hydroxylation is 1. The van der Waals surface area contributed by atoms with Crippen LogP contribution in [0.4, 0.5) is 5.82 Å². The quantitative estimate of drug-likeness (QED) is 0.568. The second-order valence-corrected chi connectivity index (χ2v) is 7.01. The minimum absolute atomic E-state index is 0.519. The predicted octanol–water partition coefficient (Wildman–Crippen LogP) is 3.48. The molecule has 0 spiro atoms. The Balaban J connectivity index is 1.74. The number of ether oxygens (including phenoxy) is 1. The van der Waals surface area contributed by atoms with Gasteiger partial charge in [-0.25, -0.2) is 9.97 Å². The third-order valence-corrected chi connectivity index (χ3v) is 5.15. The van der Waals surface area contributed by atoms with Crippen LogP contribution in [0, 0.1) is 13.8 Å². The van der Waals surface area contributed by atoms with Gasteiger partial charge in [0.15, 0.2) is 12.1 Å². The maximum Gasteiger partial charge on any atom is 0.161 e. The number of hydrogen-bond acceptors (Lipinski definition) is 6. The maximum atomic E-state index is 11.1. The zero-order valence-corrected chi connectivity index (χ0v) is 16.4. The highest BCUT2D eigenvalue weighted by atomic mass is 16.5. The number of nitrogens with one attached hydrogen (secondary N) is 1. The number of rotatable bonds is 8. The first-order chi connectivity index (χ1) is 13.1. The van der Waals surface area contributed by atoms with E-state index in [-0.39, 0.29) is 0 Å². The Kier molecular flexibility index (Phi) is 6.40. The molecule has 1 aromatic carbocycles. The van der Waals surface area contributed by atoms with Crippen molar-refractivity contribution < 1.29 is 9.53 Å². The van der Waals surface area contributed by atoms with Crippen LogP contribution in [0.3, 0.4) is 0 Å². The van der Waals surface area contributed by atoms with E-state index < -0.39 is 0 Å². The summed E-state index contributed by atoms with van der Waals surface area (Å²) in [7, 11) is 1.56. The molecule has 2 aromatic rings. The van der Waals surface area contributed by atoms with Gasteiger partial charge in [0.05, 0.1) is 12.7 Å². The monoisotopic (exact) mass is 368 g/mol. The van der Waals surface area contributed by atoms with E-state index in [1.54, 1.807) is 13.2 Å². The summed E-state index contributed by atoms with van der Waals surface area (Å²) >= 11 is 0. The third kappa shape index (κ3) is 4.63. The third-order valence-electron chi connectivity index (χ3n) is 5.15. The number of methoxy groups -OCH3 is 1. The van der Waals surface area contributed by atoms with Gasteiger partial charge in [-0.3, -0.25) is 4.79 Å². The number of aromatic nitrogens is 2. The molecule has 3 rings (SSSR count). The average Bonchev–Trinajstić information content (AvgIpc) is 3.21. The Hall–Kier alpha value is -2.47. The zero-order valence-electron chi connectivity index (χ0n) is 16.4. The Labute approximate surface area is 161 Å². The Morgan fingerprint density at radius 3 is 2.70 bits per heavy atom. The number of benzene rings is 1. The van der Waals surface area contributed by atoms with E-state index in [1.165, 1.54) is 25.9 Å². The maximum absolute atomic E-state index is 11.1. The lowest BCUT2D eigenvalue weighted by Crippen LogP contribution is -2.22. The van der Waals surface area contributed by atoms with Crippen molar-refractivity contribution in [2.75, 3.05) is 38.6 Å². The smallest absolute Gasteiger partial charge is 0.161 e. The lowest BCUT2D eigenvalue weighted by molar-refractivity contribution is 0.112. The molecule has 6 nitrogen and oxygen atoms in total. The van der Waals surface area contributed by atoms with Crippen molar-refractivity contribution in [3.8, 4) is 17.1 Å². The van der Waals surface area contributed by atoms with Crippen LogP contribution in [0.5, 0.6) is 5.75 Å². The van der Waals surface area contributed by atoms with Crippen molar-refractivity contribution in [1.29, 1.82) is 0 Å². The molecule has 0 unspecified atom stereocenters. The largest absolute Gasteiger partial charge is 0.496 e. The van der Waals surface area contributed by atoms with Gasteiger partial charge in [-0.05, 0) is 64.9 Å². The minimum atomic E-state index is 0.519. The van der Waals surface area contributed by atoms with Crippen LogP contribution in [0.2, 0.25) is 0 Å². The molecule has 27 heavy (non-hydrogen) atoms. The fraction of sp³-hybridized carbons (Fsp3) is 0.476. The molecule has 1 aliphatic heterocycles. The Morgan fingerprint density at radius 1 is 1.22 bits per heavy atom. The normalized spacial score (nSPS) is 14.3. The van der Waals surface area contributed by atoms with E-state index in [4.69, 9.17) is 9.72 Å². The van der Waals surface area contributed by atoms with Crippen molar-refractivity contribution in [3.05, 3.63) is 35.0 Å². The Bertz CT molecular complexity index is 801. The van der Waals surface area contributed by atoms with E-state index in [1.807, 2.05) is 26.0 Å². The second-order valence-electron chi connectivity index (χ2n) is 7.01. The fourth-order valence-electron chi connectivity index (χ4n) is 3.39. The highest BCUT2D eigenvalue weighted by Crippen LogP contribution is 2.26. The van der Waals surface area contributed by atoms with Crippen LogP contribution < -0.4 is 10.1 Å². The van der Waals surface area contributed by atoms with Gasteiger partial charge in [-0.15, -0.1) is 0 Å². The highest BCUT2D eigenvalue weighted by molar-refractivity contribution is 5.81. The van der Waals surface area contributed by atoms with Crippen LogP contribution in [0.25, 0.3) is 11.4 Å². The van der Waals surface area contributed by atoms with Gasteiger partial charge in [0, 0.05) is 23.4 Å². The molecule has 2 heterocycles. The van der Waals surface area contributed by atoms with Crippen LogP contribution in [0.15, 0.2) is 18.2 Å². The molecule has 0 aliphatic carbocycles. The van der Waals surface area contributed by atoms with Gasteiger partial charge in [0.1, 0.15) is 11.6 Å². The molecule has 1 aromatic heterocycles. The number of hydrogen-bond donors (Lipinski definition) is 1. The highest BCUT2D eigenvalue weighted by Gasteiger charge is 2.13. The number of nitrogens with zero attached hydrogens (tertiary/aromatic N) is 3. The molecular weight excluding hydrogens is 340 g/mol. The molecule has 144 valence electrons. The average molecular weight is 368 g/mol. The number of anilines is 1. The first-order valence-corrected chi connectivity index (χ1v) is 9.57. The van der Waals surface area contributed by atoms with E-state index in [0.717, 1.165) is 48.4 Å². The topological polar surface area (TPSA) is 67.3 Å². The minimum Gasteiger partial charge on any atom is -0.496 e. The number of carbonyl (C=O) groups is 1. The van der Waals surface area contributed by atoms with Crippen molar-refractivity contribution >= 4 is 12.1 Å². The number of likely N-dealkylation sites (tertiary alicyclic amines) is 1. The van der Waals surface area contributed by atoms with Crippen LogP contribution in [0.1, 0.15) is 40.9 Å². The van der Waals surface area contributed by atoms with E-state index in [2.05, 4.69) is 15.2 Å². The van der Waals surface area contributed by atoms with Gasteiger partial charge in [-0.1, -0.05) is 6.07 Å². The molecule has 6 heteroatoms. The van der Waals surface area contributed by atoms with Crippen molar-refractivity contribution in [2.45, 2.75) is 33.1 Å². The number of carbonyl (C=O) groups excluding carboxylic acids is 1. The van der Waals surface area contributed by atoms with Crippen molar-refractivity contribution in [2.24, 2.45) is 0 Å². The van der Waals surface area contributed by atoms with Crippen molar-refractivity contribution in [3.63, 3.8) is 0 Å². The van der Waals surface area contributed by atoms with Crippen LogP contribution in [-0.4, -0.2) is 54.4 Å². The number of aldehydes is 1. The molecular formula is C21H28N4O2. The summed E-state index contributed by atoms with van der Waals surface area (Å²) in [5.74, 6) is 2.04. The first kappa shape index (κ1) is 19.3. The lowest BCUT2D eigenvalue weighted by Gasteiger charge is -2.16. The van der Waals surface area contributed by atoms with E-state index in [0.29, 0.717) is 17.1 Å². The molecule has 1 saturated heterocycles. The van der Waals surface area contributed by atoms with E-state index in [9.17, 15) is 4.79 Å². The van der Waals surface area contributed by atoms with Gasteiger partial charge in [0.2, 0.25) is 0 Å². The second kappa shape index (κ2) is 8.95. The standard InChI is InChI=1S/C21H28N4O2/c1-15-16(2)23-21(17-7-8-18(14-26)19(13-17)27-3)24-20(15)22-9-6-12-25-10-4-5-11-25/h7-8,13-14H,4-6,9-12H2,1-3H3,(H,22,23,24). The van der Waals surface area contributed by atoms with Gasteiger partial charge in [-0.2, -0.15) is 0 Å². The zero-order chi connectivity index (χ0) is 19.2. The molecule has 0 atom stereocenters. The van der Waals surface area contributed by atoms with Crippen LogP contribution >= 0.6 is 0 Å². The van der Waals surface area contributed by atoms with Crippen LogP contribution in [-0.2, 0) is 0 Å². The summed E-state index contributed by atoms with van der Waals surface area (Å²) < 4.78 is 5.30. The fourth-order valence-corrected chi connectivity index (χ4v) is 3.39. The summed E-state index contributed by atoms with van der Waals surface area (Å²) in [6.45, 7) is 8.52. The molecule has 0 amide bonds. The summed E-state index contributed by atoms with van der Waals surface area (Å²) in [5, 5.41) is 3.47. The molecule has 0 bridgehead atoms. The first-order valence-electron chi connectivity index (χ1n) is 9.57. The summed E-state index contributed by atoms with van der Waals surface area (Å²) in [6, 6.07) is 5.40. The van der Waals surface area contributed by atoms with Gasteiger partial charge >= 0.3 is 0 Å². The van der Waals surface area contributed by atoms with E-state index >= 15 is 0 Å². The van der Waals surface area contributed by atoms with Crippen molar-refractivity contribution in [1.82, 2.24) is 14.9 Å². The molecule has 1 N–H and O–H groups in total. The Morgan fingerprint density at radius 2 is 2.00 bits per heavy atom.